The Labute approximate surface area is 107 Å². The highest BCUT2D eigenvalue weighted by Crippen LogP contribution is 2.28. The molecule has 1 aliphatic rings. The number of anilines is 1. The maximum absolute atomic E-state index is 11.1. The van der Waals surface area contributed by atoms with Gasteiger partial charge in [0.2, 0.25) is 0 Å². The van der Waals surface area contributed by atoms with Gasteiger partial charge in [0.15, 0.2) is 6.61 Å². The smallest absolute Gasteiger partial charge is 0.343 e. The zero-order valence-electron chi connectivity index (χ0n) is 10.5. The Morgan fingerprint density at radius 1 is 1.33 bits per heavy atom. The second-order valence-electron chi connectivity index (χ2n) is 4.07. The molecule has 0 radical (unpaired) electrons. The maximum Gasteiger partial charge on any atom is 0.343 e. The zero-order chi connectivity index (χ0) is 12.8. The molecule has 1 aliphatic heterocycles. The monoisotopic (exact) mass is 250 g/mol. The van der Waals surface area contributed by atoms with Gasteiger partial charge in [-0.2, -0.15) is 0 Å². The number of hydrogen-bond acceptors (Lipinski definition) is 5. The van der Waals surface area contributed by atoms with Crippen molar-refractivity contribution in [2.24, 2.45) is 0 Å². The number of nitrogens with zero attached hydrogens (tertiary/aromatic N) is 1. The minimum absolute atomic E-state index is 0.0559. The largest absolute Gasteiger partial charge is 0.480 e. The molecule has 1 heterocycles. The van der Waals surface area contributed by atoms with Gasteiger partial charge in [-0.3, -0.25) is 0 Å². The zero-order valence-corrected chi connectivity index (χ0v) is 10.5. The number of benzene rings is 1. The summed E-state index contributed by atoms with van der Waals surface area (Å²) >= 11 is 0. The van der Waals surface area contributed by atoms with Crippen LogP contribution in [-0.2, 0) is 9.53 Å². The number of carbonyl (C=O) groups excluding carboxylic acids is 1. The molecule has 1 N–H and O–H groups in total. The van der Waals surface area contributed by atoms with E-state index >= 15 is 0 Å². The van der Waals surface area contributed by atoms with E-state index < -0.39 is 0 Å². The lowest BCUT2D eigenvalue weighted by atomic mass is 10.2. The van der Waals surface area contributed by atoms with Gasteiger partial charge in [-0.25, -0.2) is 4.79 Å². The number of para-hydroxylation sites is 2. The van der Waals surface area contributed by atoms with Gasteiger partial charge in [-0.05, 0) is 12.1 Å². The van der Waals surface area contributed by atoms with E-state index in [9.17, 15) is 4.79 Å². The van der Waals surface area contributed by atoms with Crippen LogP contribution in [-0.4, -0.2) is 45.9 Å². The average Bonchev–Trinajstić information content (AvgIpc) is 2.46. The molecule has 1 aromatic carbocycles. The summed E-state index contributed by atoms with van der Waals surface area (Å²) < 4.78 is 10.1. The number of nitrogens with one attached hydrogen (secondary N) is 1. The first-order valence-electron chi connectivity index (χ1n) is 6.05. The van der Waals surface area contributed by atoms with Gasteiger partial charge in [0.25, 0.3) is 0 Å². The van der Waals surface area contributed by atoms with Gasteiger partial charge in [0.05, 0.1) is 12.8 Å². The average molecular weight is 250 g/mol. The lowest BCUT2D eigenvalue weighted by Crippen LogP contribution is -2.43. The molecular weight excluding hydrogens is 232 g/mol. The highest BCUT2D eigenvalue weighted by Gasteiger charge is 2.15. The lowest BCUT2D eigenvalue weighted by molar-refractivity contribution is -0.142. The Morgan fingerprint density at radius 2 is 2.06 bits per heavy atom. The lowest BCUT2D eigenvalue weighted by Gasteiger charge is -2.30. The molecule has 0 saturated carbocycles. The third-order valence-electron chi connectivity index (χ3n) is 2.90. The standard InChI is InChI=1S/C13H18N2O3/c1-17-13(16)10-18-12-5-3-2-4-11(12)15-8-6-14-7-9-15/h2-5,14H,6-10H2,1H3. The van der Waals surface area contributed by atoms with Crippen LogP contribution in [0.25, 0.3) is 0 Å². The minimum Gasteiger partial charge on any atom is -0.480 e. The molecule has 5 heteroatoms. The molecule has 5 nitrogen and oxygen atoms in total. The summed E-state index contributed by atoms with van der Waals surface area (Å²) in [5, 5.41) is 3.31. The SMILES string of the molecule is COC(=O)COc1ccccc1N1CCNCC1. The third kappa shape index (κ3) is 3.13. The predicted octanol–water partition coefficient (Wildman–Crippen LogP) is 0.648. The van der Waals surface area contributed by atoms with Crippen LogP contribution < -0.4 is 15.0 Å². The first kappa shape index (κ1) is 12.7. The molecule has 0 aliphatic carbocycles. The van der Waals surface area contributed by atoms with Crippen LogP contribution in [0.2, 0.25) is 0 Å². The Kier molecular flexibility index (Phi) is 4.41. The number of esters is 1. The quantitative estimate of drug-likeness (QED) is 0.795. The van der Waals surface area contributed by atoms with Crippen LogP contribution >= 0.6 is 0 Å². The van der Waals surface area contributed by atoms with Gasteiger partial charge >= 0.3 is 5.97 Å². The molecule has 1 saturated heterocycles. The number of piperazine rings is 1. The van der Waals surface area contributed by atoms with Crippen molar-refractivity contribution in [1.82, 2.24) is 5.32 Å². The summed E-state index contributed by atoms with van der Waals surface area (Å²) in [7, 11) is 1.36. The van der Waals surface area contributed by atoms with Crippen molar-refractivity contribution >= 4 is 11.7 Å². The van der Waals surface area contributed by atoms with Crippen LogP contribution in [0.3, 0.4) is 0 Å². The van der Waals surface area contributed by atoms with Crippen LogP contribution in [0, 0.1) is 0 Å². The fourth-order valence-corrected chi connectivity index (χ4v) is 1.94. The summed E-state index contributed by atoms with van der Waals surface area (Å²) in [4.78, 5) is 13.4. The van der Waals surface area contributed by atoms with Gasteiger partial charge in [-0.15, -0.1) is 0 Å². The van der Waals surface area contributed by atoms with Crippen LogP contribution in [0.15, 0.2) is 24.3 Å². The van der Waals surface area contributed by atoms with E-state index in [1.54, 1.807) is 0 Å². The van der Waals surface area contributed by atoms with E-state index in [4.69, 9.17) is 4.74 Å². The van der Waals surface area contributed by atoms with E-state index in [0.29, 0.717) is 0 Å². The first-order valence-corrected chi connectivity index (χ1v) is 6.05. The first-order chi connectivity index (χ1) is 8.81. The molecule has 0 bridgehead atoms. The molecular formula is C13H18N2O3. The fourth-order valence-electron chi connectivity index (χ4n) is 1.94. The molecule has 1 aromatic rings. The molecule has 0 unspecified atom stereocenters. The minimum atomic E-state index is -0.370. The summed E-state index contributed by atoms with van der Waals surface area (Å²) in [6.07, 6.45) is 0. The highest BCUT2D eigenvalue weighted by atomic mass is 16.6. The van der Waals surface area contributed by atoms with Gasteiger partial charge in [0.1, 0.15) is 5.75 Å². The summed E-state index contributed by atoms with van der Waals surface area (Å²) in [5.74, 6) is 0.356. The molecule has 1 fully saturated rings. The van der Waals surface area contributed by atoms with Crippen molar-refractivity contribution in [2.75, 3.05) is 44.8 Å². The highest BCUT2D eigenvalue weighted by molar-refractivity contribution is 5.71. The second kappa shape index (κ2) is 6.26. The van der Waals surface area contributed by atoms with Gasteiger partial charge < -0.3 is 19.7 Å². The number of hydrogen-bond donors (Lipinski definition) is 1. The van der Waals surface area contributed by atoms with Crippen LogP contribution in [0.4, 0.5) is 5.69 Å². The number of methoxy groups -OCH3 is 1. The molecule has 98 valence electrons. The van der Waals surface area contributed by atoms with Crippen molar-refractivity contribution in [2.45, 2.75) is 0 Å². The van der Waals surface area contributed by atoms with E-state index in [-0.39, 0.29) is 12.6 Å². The Hall–Kier alpha value is -1.75. The number of carbonyl (C=O) groups is 1. The van der Waals surface area contributed by atoms with Crippen molar-refractivity contribution in [3.63, 3.8) is 0 Å². The second-order valence-corrected chi connectivity index (χ2v) is 4.07. The van der Waals surface area contributed by atoms with E-state index in [0.717, 1.165) is 37.6 Å². The normalized spacial score (nSPS) is 15.3. The third-order valence-corrected chi connectivity index (χ3v) is 2.90. The summed E-state index contributed by atoms with van der Waals surface area (Å²) in [6.45, 7) is 3.76. The maximum atomic E-state index is 11.1. The predicted molar refractivity (Wildman–Crippen MR) is 69.0 cm³/mol. The molecule has 18 heavy (non-hydrogen) atoms. The van der Waals surface area contributed by atoms with Crippen molar-refractivity contribution in [1.29, 1.82) is 0 Å². The Bertz CT molecular complexity index is 403. The van der Waals surface area contributed by atoms with Crippen molar-refractivity contribution in [3.05, 3.63) is 24.3 Å². The van der Waals surface area contributed by atoms with Crippen molar-refractivity contribution in [3.8, 4) is 5.75 Å². The summed E-state index contributed by atoms with van der Waals surface area (Å²) in [5.41, 5.74) is 1.03. The van der Waals surface area contributed by atoms with Gasteiger partial charge in [0, 0.05) is 26.2 Å². The van der Waals surface area contributed by atoms with E-state index in [1.807, 2.05) is 24.3 Å². The van der Waals surface area contributed by atoms with Crippen LogP contribution in [0.5, 0.6) is 5.75 Å². The molecule has 0 spiro atoms. The molecule has 0 aromatic heterocycles. The molecule has 0 amide bonds. The fraction of sp³-hybridized carbons (Fsp3) is 0.462. The van der Waals surface area contributed by atoms with Gasteiger partial charge in [-0.1, -0.05) is 12.1 Å². The van der Waals surface area contributed by atoms with E-state index in [2.05, 4.69) is 15.0 Å². The molecule has 0 atom stereocenters. The van der Waals surface area contributed by atoms with Crippen molar-refractivity contribution < 1.29 is 14.3 Å². The van der Waals surface area contributed by atoms with Crippen LogP contribution in [0.1, 0.15) is 0 Å². The van der Waals surface area contributed by atoms with E-state index in [1.165, 1.54) is 7.11 Å². The topological polar surface area (TPSA) is 50.8 Å². The molecule has 2 rings (SSSR count). The number of ether oxygens (including phenoxy) is 2. The Balaban J connectivity index is 2.06. The summed E-state index contributed by atoms with van der Waals surface area (Å²) in [6, 6.07) is 7.76. The Morgan fingerprint density at radius 3 is 2.78 bits per heavy atom. The number of rotatable bonds is 4.